The summed E-state index contributed by atoms with van der Waals surface area (Å²) in [4.78, 5) is 13.8. The van der Waals surface area contributed by atoms with Crippen LogP contribution < -0.4 is 0 Å². The lowest BCUT2D eigenvalue weighted by atomic mass is 9.91. The third-order valence-electron chi connectivity index (χ3n) is 5.92. The molecule has 26 heavy (non-hydrogen) atoms. The van der Waals surface area contributed by atoms with Crippen molar-refractivity contribution in [3.8, 4) is 0 Å². The molecular weight excluding hydrogens is 352 g/mol. The third-order valence-corrected chi connectivity index (χ3v) is 7.84. The van der Waals surface area contributed by atoms with E-state index >= 15 is 0 Å². The van der Waals surface area contributed by atoms with Gasteiger partial charge in [-0.25, -0.2) is 8.42 Å². The molecule has 2 aliphatic heterocycles. The molecule has 4 rings (SSSR count). The van der Waals surface area contributed by atoms with Crippen LogP contribution >= 0.6 is 0 Å². The minimum absolute atomic E-state index is 0.0260. The Morgan fingerprint density at radius 2 is 1.96 bits per heavy atom. The van der Waals surface area contributed by atoms with Gasteiger partial charge in [-0.05, 0) is 42.5 Å². The number of hydrogen-bond acceptors (Lipinski definition) is 4. The second-order valence-corrected chi connectivity index (χ2v) is 9.39. The Morgan fingerprint density at radius 1 is 1.15 bits per heavy atom. The van der Waals surface area contributed by atoms with E-state index < -0.39 is 10.0 Å². The van der Waals surface area contributed by atoms with E-state index in [1.54, 1.807) is 28.3 Å². The smallest absolute Gasteiger partial charge is 0.243 e. The summed E-state index contributed by atoms with van der Waals surface area (Å²) in [6.07, 6.45) is 4.76. The maximum atomic E-state index is 13.3. The summed E-state index contributed by atoms with van der Waals surface area (Å²) >= 11 is 0. The average Bonchev–Trinajstić information content (AvgIpc) is 2.66. The van der Waals surface area contributed by atoms with Crippen LogP contribution in [-0.2, 0) is 32.5 Å². The van der Waals surface area contributed by atoms with Crippen LogP contribution in [0, 0.1) is 0 Å². The van der Waals surface area contributed by atoms with Crippen molar-refractivity contribution in [3.05, 3.63) is 29.3 Å². The molecule has 0 aromatic heterocycles. The summed E-state index contributed by atoms with van der Waals surface area (Å²) in [7, 11) is -3.55. The molecule has 0 spiro atoms. The minimum Gasteiger partial charge on any atom is -0.375 e. The summed E-state index contributed by atoms with van der Waals surface area (Å²) in [5.74, 6) is 0.0298. The highest BCUT2D eigenvalue weighted by molar-refractivity contribution is 7.89. The fourth-order valence-electron chi connectivity index (χ4n) is 4.46. The monoisotopic (exact) mass is 378 g/mol. The SMILES string of the molecule is CC(=O)N1CCc2ccc(S(=O)(=O)N3CCOC4CCCCC43)cc2C1. The highest BCUT2D eigenvalue weighted by Gasteiger charge is 2.41. The van der Waals surface area contributed by atoms with Gasteiger partial charge in [0.2, 0.25) is 15.9 Å². The highest BCUT2D eigenvalue weighted by atomic mass is 32.2. The van der Waals surface area contributed by atoms with Gasteiger partial charge in [-0.1, -0.05) is 18.9 Å². The molecular formula is C19H26N2O4S. The number of rotatable bonds is 2. The predicted octanol–water partition coefficient (Wildman–Crippen LogP) is 1.92. The first-order valence-electron chi connectivity index (χ1n) is 9.47. The van der Waals surface area contributed by atoms with Crippen molar-refractivity contribution < 1.29 is 17.9 Å². The number of carbonyl (C=O) groups excluding carboxylic acids is 1. The molecule has 2 unspecified atom stereocenters. The van der Waals surface area contributed by atoms with Gasteiger partial charge in [0.1, 0.15) is 0 Å². The molecule has 0 radical (unpaired) electrons. The molecule has 2 heterocycles. The molecule has 3 aliphatic rings. The quantitative estimate of drug-likeness (QED) is 0.789. The van der Waals surface area contributed by atoms with Gasteiger partial charge in [-0.2, -0.15) is 4.31 Å². The summed E-state index contributed by atoms with van der Waals surface area (Å²) < 4.78 is 34.2. The van der Waals surface area contributed by atoms with E-state index in [1.807, 2.05) is 6.07 Å². The van der Waals surface area contributed by atoms with Crippen molar-refractivity contribution in [1.82, 2.24) is 9.21 Å². The molecule has 1 aliphatic carbocycles. The predicted molar refractivity (Wildman–Crippen MR) is 97.1 cm³/mol. The normalized spacial score (nSPS) is 26.9. The zero-order valence-corrected chi connectivity index (χ0v) is 16.0. The molecule has 1 aromatic rings. The number of morpholine rings is 1. The summed E-state index contributed by atoms with van der Waals surface area (Å²) in [6.45, 7) is 3.62. The van der Waals surface area contributed by atoms with Crippen LogP contribution in [0.4, 0.5) is 0 Å². The van der Waals surface area contributed by atoms with Crippen LogP contribution in [0.1, 0.15) is 43.7 Å². The van der Waals surface area contributed by atoms with Crippen molar-refractivity contribution in [2.24, 2.45) is 0 Å². The highest BCUT2D eigenvalue weighted by Crippen LogP contribution is 2.33. The fraction of sp³-hybridized carbons (Fsp3) is 0.632. The van der Waals surface area contributed by atoms with Gasteiger partial charge in [0.15, 0.2) is 0 Å². The van der Waals surface area contributed by atoms with Crippen LogP contribution in [-0.4, -0.2) is 55.4 Å². The zero-order chi connectivity index (χ0) is 18.3. The lowest BCUT2D eigenvalue weighted by Gasteiger charge is -2.42. The lowest BCUT2D eigenvalue weighted by molar-refractivity contribution is -0.129. The molecule has 1 aromatic carbocycles. The van der Waals surface area contributed by atoms with Crippen LogP contribution in [0.2, 0.25) is 0 Å². The van der Waals surface area contributed by atoms with Crippen LogP contribution in [0.3, 0.4) is 0 Å². The van der Waals surface area contributed by atoms with E-state index in [0.717, 1.165) is 43.2 Å². The molecule has 1 saturated carbocycles. The van der Waals surface area contributed by atoms with Gasteiger partial charge < -0.3 is 9.64 Å². The van der Waals surface area contributed by atoms with Gasteiger partial charge in [-0.3, -0.25) is 4.79 Å². The molecule has 0 N–H and O–H groups in total. The van der Waals surface area contributed by atoms with Crippen LogP contribution in [0.5, 0.6) is 0 Å². The molecule has 1 saturated heterocycles. The number of carbonyl (C=O) groups is 1. The Morgan fingerprint density at radius 3 is 2.77 bits per heavy atom. The number of sulfonamides is 1. The Bertz CT molecular complexity index is 806. The fourth-order valence-corrected chi connectivity index (χ4v) is 6.17. The average molecular weight is 378 g/mol. The second-order valence-electron chi connectivity index (χ2n) is 7.50. The summed E-state index contributed by atoms with van der Waals surface area (Å²) in [6, 6.07) is 5.36. The molecule has 1 amide bonds. The van der Waals surface area contributed by atoms with Crippen LogP contribution in [0.25, 0.3) is 0 Å². The van der Waals surface area contributed by atoms with Crippen molar-refractivity contribution in [1.29, 1.82) is 0 Å². The van der Waals surface area contributed by atoms with Gasteiger partial charge >= 0.3 is 0 Å². The number of ether oxygens (including phenoxy) is 1. The number of hydrogen-bond donors (Lipinski definition) is 0. The van der Waals surface area contributed by atoms with E-state index in [0.29, 0.717) is 31.1 Å². The Balaban J connectivity index is 1.64. The van der Waals surface area contributed by atoms with Gasteiger partial charge in [0.05, 0.1) is 23.6 Å². The van der Waals surface area contributed by atoms with E-state index in [9.17, 15) is 13.2 Å². The minimum atomic E-state index is -3.55. The van der Waals surface area contributed by atoms with E-state index in [2.05, 4.69) is 0 Å². The van der Waals surface area contributed by atoms with Crippen molar-refractivity contribution in [3.63, 3.8) is 0 Å². The first kappa shape index (κ1) is 17.9. The Kier molecular flexibility index (Phi) is 4.79. The molecule has 7 heteroatoms. The zero-order valence-electron chi connectivity index (χ0n) is 15.2. The molecule has 0 bridgehead atoms. The number of fused-ring (bicyclic) bond motifs is 2. The van der Waals surface area contributed by atoms with E-state index in [1.165, 1.54) is 0 Å². The molecule has 2 atom stereocenters. The lowest BCUT2D eigenvalue weighted by Crippen LogP contribution is -2.54. The molecule has 6 nitrogen and oxygen atoms in total. The van der Waals surface area contributed by atoms with Crippen molar-refractivity contribution in [2.75, 3.05) is 19.7 Å². The maximum Gasteiger partial charge on any atom is 0.243 e. The summed E-state index contributed by atoms with van der Waals surface area (Å²) in [5, 5.41) is 0. The van der Waals surface area contributed by atoms with Crippen LogP contribution in [0.15, 0.2) is 23.1 Å². The van der Waals surface area contributed by atoms with Gasteiger partial charge in [-0.15, -0.1) is 0 Å². The van der Waals surface area contributed by atoms with Crippen molar-refractivity contribution >= 4 is 15.9 Å². The molecule has 142 valence electrons. The second kappa shape index (κ2) is 6.94. The van der Waals surface area contributed by atoms with Gasteiger partial charge in [0, 0.05) is 26.6 Å². The first-order chi connectivity index (χ1) is 12.5. The maximum absolute atomic E-state index is 13.3. The van der Waals surface area contributed by atoms with Crippen molar-refractivity contribution in [2.45, 2.75) is 62.6 Å². The topological polar surface area (TPSA) is 66.9 Å². The molecule has 2 fully saturated rings. The van der Waals surface area contributed by atoms with E-state index in [4.69, 9.17) is 4.74 Å². The summed E-state index contributed by atoms with van der Waals surface area (Å²) in [5.41, 5.74) is 2.08. The largest absolute Gasteiger partial charge is 0.375 e. The van der Waals surface area contributed by atoms with Gasteiger partial charge in [0.25, 0.3) is 0 Å². The Labute approximate surface area is 155 Å². The number of nitrogens with zero attached hydrogens (tertiary/aromatic N) is 2. The number of amides is 1. The standard InChI is InChI=1S/C19H26N2O4S/c1-14(22)20-9-8-15-6-7-17(12-16(15)13-20)26(23,24)21-10-11-25-19-5-3-2-4-18(19)21/h6-7,12,18-19H,2-5,8-11,13H2,1H3. The third kappa shape index (κ3) is 3.17. The Hall–Kier alpha value is -1.44. The first-order valence-corrected chi connectivity index (χ1v) is 10.9. The number of benzene rings is 1. The van der Waals surface area contributed by atoms with E-state index in [-0.39, 0.29) is 18.1 Å².